The van der Waals surface area contributed by atoms with E-state index in [-0.39, 0.29) is 31.1 Å². The molecule has 0 aliphatic rings. The molecule has 0 aliphatic heterocycles. The SMILES string of the molecule is CC/C=C\C/C=C\C/C=C\CCCCCCCC(=O)OC(COC(=O)CCCCCCC/C=C\C/C=C\CCCC)COC(=O)CCCCCCCCCCCCCCCCCCCCCCCCCCCCCCCC. The Morgan fingerprint density at radius 3 is 0.831 bits per heavy atom. The summed E-state index contributed by atoms with van der Waals surface area (Å²) in [6.07, 6.45) is 84.0. The second-order valence-corrected chi connectivity index (χ2v) is 22.7. The highest BCUT2D eigenvalue weighted by Crippen LogP contribution is 2.18. The number of esters is 3. The summed E-state index contributed by atoms with van der Waals surface area (Å²) in [5.41, 5.74) is 0. The van der Waals surface area contributed by atoms with Crippen molar-refractivity contribution in [2.75, 3.05) is 13.2 Å². The lowest BCUT2D eigenvalue weighted by Crippen LogP contribution is -2.30. The molecule has 1 unspecified atom stereocenters. The van der Waals surface area contributed by atoms with E-state index in [4.69, 9.17) is 14.2 Å². The molecular formula is C71H128O6. The predicted octanol–water partition coefficient (Wildman–Crippen LogP) is 23.1. The molecule has 0 aromatic rings. The molecule has 6 nitrogen and oxygen atoms in total. The quantitative estimate of drug-likeness (QED) is 0.0261. The van der Waals surface area contributed by atoms with Crippen LogP contribution in [0.15, 0.2) is 60.8 Å². The van der Waals surface area contributed by atoms with Gasteiger partial charge in [-0.05, 0) is 77.0 Å². The van der Waals surface area contributed by atoms with Crippen molar-refractivity contribution in [1.82, 2.24) is 0 Å². The normalized spacial score (nSPS) is 12.4. The summed E-state index contributed by atoms with van der Waals surface area (Å²) in [5, 5.41) is 0. The van der Waals surface area contributed by atoms with Crippen molar-refractivity contribution in [2.45, 2.75) is 361 Å². The molecule has 0 aromatic carbocycles. The van der Waals surface area contributed by atoms with Crippen LogP contribution < -0.4 is 0 Å². The maximum absolute atomic E-state index is 12.9. The minimum absolute atomic E-state index is 0.0831. The van der Waals surface area contributed by atoms with E-state index in [0.717, 1.165) is 116 Å². The Bertz CT molecular complexity index is 1380. The molecule has 0 saturated carbocycles. The Balaban J connectivity index is 4.16. The second-order valence-electron chi connectivity index (χ2n) is 22.7. The summed E-state index contributed by atoms with van der Waals surface area (Å²) >= 11 is 0. The molecule has 1 atom stereocenters. The molecule has 0 rings (SSSR count). The van der Waals surface area contributed by atoms with Gasteiger partial charge in [-0.1, -0.05) is 319 Å². The average Bonchev–Trinajstić information content (AvgIpc) is 3.43. The standard InChI is InChI=1S/C71H128O6/c1-4-7-10-13-16-19-22-25-28-29-30-31-32-33-34-35-36-37-38-39-40-41-42-44-46-49-52-55-58-61-64-70(73)76-67-68(66-75-69(72)63-60-57-54-51-48-45-27-24-21-18-15-12-9-6-3)77-71(74)65-62-59-56-53-50-47-43-26-23-20-17-14-11-8-5-2/h8,11,15,17-18,20,24,26-27,43,68H,4-7,9-10,12-14,16,19,21-23,25,28-42,44-67H2,1-3H3/b11-8-,18-15-,20-17-,27-24-,43-26-. The van der Waals surface area contributed by atoms with Gasteiger partial charge >= 0.3 is 17.9 Å². The van der Waals surface area contributed by atoms with Crippen molar-refractivity contribution in [3.63, 3.8) is 0 Å². The highest BCUT2D eigenvalue weighted by molar-refractivity contribution is 5.71. The van der Waals surface area contributed by atoms with Crippen LogP contribution in [-0.2, 0) is 28.6 Å². The van der Waals surface area contributed by atoms with Gasteiger partial charge in [0, 0.05) is 19.3 Å². The van der Waals surface area contributed by atoms with Gasteiger partial charge in [0.25, 0.3) is 0 Å². The van der Waals surface area contributed by atoms with E-state index in [1.165, 1.54) is 199 Å². The molecular weight excluding hydrogens is 949 g/mol. The molecule has 0 saturated heterocycles. The van der Waals surface area contributed by atoms with Crippen molar-refractivity contribution >= 4 is 17.9 Å². The Morgan fingerprint density at radius 1 is 0.273 bits per heavy atom. The molecule has 6 heteroatoms. The summed E-state index contributed by atoms with van der Waals surface area (Å²) in [5.74, 6) is -0.898. The Morgan fingerprint density at radius 2 is 0.519 bits per heavy atom. The van der Waals surface area contributed by atoms with Crippen LogP contribution in [0.1, 0.15) is 355 Å². The number of ether oxygens (including phenoxy) is 3. The number of carbonyl (C=O) groups is 3. The molecule has 0 amide bonds. The molecule has 0 spiro atoms. The third kappa shape index (κ3) is 63.8. The minimum atomic E-state index is -0.789. The van der Waals surface area contributed by atoms with Gasteiger partial charge in [-0.3, -0.25) is 14.4 Å². The topological polar surface area (TPSA) is 78.9 Å². The van der Waals surface area contributed by atoms with Crippen molar-refractivity contribution < 1.29 is 28.6 Å². The van der Waals surface area contributed by atoms with Gasteiger partial charge in [-0.2, -0.15) is 0 Å². The maximum atomic E-state index is 12.9. The maximum Gasteiger partial charge on any atom is 0.306 e. The number of rotatable bonds is 62. The zero-order valence-corrected chi connectivity index (χ0v) is 51.5. The Labute approximate surface area is 479 Å². The zero-order valence-electron chi connectivity index (χ0n) is 51.5. The van der Waals surface area contributed by atoms with Gasteiger partial charge in [0.2, 0.25) is 0 Å². The van der Waals surface area contributed by atoms with Gasteiger partial charge in [0.05, 0.1) is 0 Å². The monoisotopic (exact) mass is 1080 g/mol. The first-order valence-electron chi connectivity index (χ1n) is 33.8. The smallest absolute Gasteiger partial charge is 0.306 e. The van der Waals surface area contributed by atoms with Crippen LogP contribution in [0.2, 0.25) is 0 Å². The fourth-order valence-electron chi connectivity index (χ4n) is 9.95. The molecule has 0 aromatic heterocycles. The molecule has 448 valence electrons. The molecule has 0 radical (unpaired) electrons. The Kier molecular flexibility index (Phi) is 63.2. The number of hydrogen-bond acceptors (Lipinski definition) is 6. The van der Waals surface area contributed by atoms with E-state index < -0.39 is 6.10 Å². The van der Waals surface area contributed by atoms with E-state index in [2.05, 4.69) is 81.5 Å². The summed E-state index contributed by atoms with van der Waals surface area (Å²) in [4.78, 5) is 38.3. The van der Waals surface area contributed by atoms with Crippen LogP contribution in [-0.4, -0.2) is 37.2 Å². The fraction of sp³-hybridized carbons (Fsp3) is 0.817. The molecule has 0 fully saturated rings. The van der Waals surface area contributed by atoms with Crippen LogP contribution in [0, 0.1) is 0 Å². The summed E-state index contributed by atoms with van der Waals surface area (Å²) in [7, 11) is 0. The first-order chi connectivity index (χ1) is 38.0. The van der Waals surface area contributed by atoms with Gasteiger partial charge in [-0.15, -0.1) is 0 Å². The van der Waals surface area contributed by atoms with Crippen LogP contribution >= 0.6 is 0 Å². The third-order valence-electron chi connectivity index (χ3n) is 15.0. The van der Waals surface area contributed by atoms with Crippen molar-refractivity contribution in [2.24, 2.45) is 0 Å². The summed E-state index contributed by atoms with van der Waals surface area (Å²) < 4.78 is 16.9. The number of unbranched alkanes of at least 4 members (excludes halogenated alkanes) is 41. The van der Waals surface area contributed by atoms with Gasteiger partial charge in [0.1, 0.15) is 13.2 Å². The molecule has 0 N–H and O–H groups in total. The van der Waals surface area contributed by atoms with E-state index in [1.54, 1.807) is 0 Å². The molecule has 0 heterocycles. The average molecular weight is 1080 g/mol. The van der Waals surface area contributed by atoms with E-state index in [0.29, 0.717) is 19.3 Å². The molecule has 0 aliphatic carbocycles. The highest BCUT2D eigenvalue weighted by atomic mass is 16.6. The van der Waals surface area contributed by atoms with Crippen LogP contribution in [0.3, 0.4) is 0 Å². The van der Waals surface area contributed by atoms with E-state index in [1.807, 2.05) is 0 Å². The summed E-state index contributed by atoms with van der Waals surface area (Å²) in [6.45, 7) is 6.51. The Hall–Kier alpha value is -2.89. The number of carbonyl (C=O) groups excluding carboxylic acids is 3. The first-order valence-corrected chi connectivity index (χ1v) is 33.8. The van der Waals surface area contributed by atoms with E-state index in [9.17, 15) is 14.4 Å². The van der Waals surface area contributed by atoms with Gasteiger partial charge in [-0.25, -0.2) is 0 Å². The molecule has 77 heavy (non-hydrogen) atoms. The lowest BCUT2D eigenvalue weighted by atomic mass is 10.0. The predicted molar refractivity (Wildman–Crippen MR) is 335 cm³/mol. The lowest BCUT2D eigenvalue weighted by Gasteiger charge is -2.18. The van der Waals surface area contributed by atoms with Crippen LogP contribution in [0.4, 0.5) is 0 Å². The highest BCUT2D eigenvalue weighted by Gasteiger charge is 2.19. The van der Waals surface area contributed by atoms with Crippen molar-refractivity contribution in [1.29, 1.82) is 0 Å². The minimum Gasteiger partial charge on any atom is -0.462 e. The van der Waals surface area contributed by atoms with Crippen molar-refractivity contribution in [3.05, 3.63) is 60.8 Å². The zero-order chi connectivity index (χ0) is 55.7. The van der Waals surface area contributed by atoms with E-state index >= 15 is 0 Å². The largest absolute Gasteiger partial charge is 0.462 e. The van der Waals surface area contributed by atoms with Gasteiger partial charge in [0.15, 0.2) is 6.10 Å². The first kappa shape index (κ1) is 74.1. The van der Waals surface area contributed by atoms with Crippen LogP contribution in [0.5, 0.6) is 0 Å². The fourth-order valence-corrected chi connectivity index (χ4v) is 9.95. The van der Waals surface area contributed by atoms with Crippen LogP contribution in [0.25, 0.3) is 0 Å². The number of allylic oxidation sites excluding steroid dienone is 10. The number of hydrogen-bond donors (Lipinski definition) is 0. The summed E-state index contributed by atoms with van der Waals surface area (Å²) in [6, 6.07) is 0. The third-order valence-corrected chi connectivity index (χ3v) is 15.0. The van der Waals surface area contributed by atoms with Crippen molar-refractivity contribution in [3.8, 4) is 0 Å². The van der Waals surface area contributed by atoms with Gasteiger partial charge < -0.3 is 14.2 Å². The second kappa shape index (κ2) is 65.6. The molecule has 0 bridgehead atoms. The lowest BCUT2D eigenvalue weighted by molar-refractivity contribution is -0.167.